The fourth-order valence-corrected chi connectivity index (χ4v) is 4.18. The summed E-state index contributed by atoms with van der Waals surface area (Å²) in [6.07, 6.45) is 2.40. The van der Waals surface area contributed by atoms with Gasteiger partial charge in [-0.1, -0.05) is 12.1 Å². The van der Waals surface area contributed by atoms with Crippen LogP contribution in [0.2, 0.25) is 0 Å². The van der Waals surface area contributed by atoms with E-state index in [1.54, 1.807) is 20.3 Å². The molecule has 3 N–H and O–H groups in total. The van der Waals surface area contributed by atoms with Gasteiger partial charge in [0.15, 0.2) is 5.75 Å². The van der Waals surface area contributed by atoms with Crippen LogP contribution in [0.25, 0.3) is 0 Å². The van der Waals surface area contributed by atoms with Gasteiger partial charge in [-0.2, -0.15) is 0 Å². The predicted molar refractivity (Wildman–Crippen MR) is 113 cm³/mol. The van der Waals surface area contributed by atoms with Crippen molar-refractivity contribution in [3.63, 3.8) is 0 Å². The number of nitrogens with zero attached hydrogens (tertiary/aromatic N) is 1. The number of phenols is 1. The van der Waals surface area contributed by atoms with E-state index >= 15 is 0 Å². The first kappa shape index (κ1) is 21.0. The molecule has 0 amide bonds. The van der Waals surface area contributed by atoms with Gasteiger partial charge in [0, 0.05) is 12.8 Å². The molecular weight excluding hydrogens is 368 g/mol. The van der Waals surface area contributed by atoms with Crippen LogP contribution in [0.4, 0.5) is 5.69 Å². The quantitative estimate of drug-likeness (QED) is 0.424. The predicted octanol–water partition coefficient (Wildman–Crippen LogP) is 3.26. The van der Waals surface area contributed by atoms with Gasteiger partial charge in [-0.05, 0) is 35.7 Å². The molecule has 1 atom stereocenters. The lowest BCUT2D eigenvalue weighted by atomic mass is 9.86. The van der Waals surface area contributed by atoms with E-state index in [9.17, 15) is 9.90 Å². The number of hydrogen-bond acceptors (Lipinski definition) is 5. The van der Waals surface area contributed by atoms with E-state index in [2.05, 4.69) is 14.1 Å². The summed E-state index contributed by atoms with van der Waals surface area (Å²) in [5.74, 6) is 1.56. The maximum Gasteiger partial charge on any atom is 0.155 e. The third kappa shape index (κ3) is 4.32. The molecule has 0 saturated carbocycles. The minimum absolute atomic E-state index is 0.0392. The number of hydrogen-bond donors (Lipinski definition) is 2. The second-order valence-electron chi connectivity index (χ2n) is 8.27. The maximum atomic E-state index is 12.9. The zero-order chi connectivity index (χ0) is 21.2. The fraction of sp³-hybridized carbons (Fsp3) is 0.435. The number of aromatic hydroxyl groups is 1. The molecule has 1 unspecified atom stereocenters. The number of phenolic OH excluding ortho intramolecular Hbond substituents is 1. The number of fused-ring (bicyclic) bond motifs is 1. The fourth-order valence-electron chi connectivity index (χ4n) is 4.18. The molecule has 0 fully saturated rings. The Labute approximate surface area is 172 Å². The van der Waals surface area contributed by atoms with Crippen molar-refractivity contribution in [3.05, 3.63) is 47.0 Å². The van der Waals surface area contributed by atoms with Crippen LogP contribution in [-0.4, -0.2) is 50.2 Å². The highest BCUT2D eigenvalue weighted by molar-refractivity contribution is 5.80. The summed E-state index contributed by atoms with van der Waals surface area (Å²) in [4.78, 5) is 12.9. The summed E-state index contributed by atoms with van der Waals surface area (Å²) in [7, 11) is 7.46. The lowest BCUT2D eigenvalue weighted by Gasteiger charge is -2.43. The number of ether oxygens (including phenoxy) is 2. The van der Waals surface area contributed by atoms with Gasteiger partial charge in [0.1, 0.15) is 29.0 Å². The van der Waals surface area contributed by atoms with Gasteiger partial charge in [-0.3, -0.25) is 4.79 Å². The number of benzene rings is 2. The normalized spacial score (nSPS) is 17.4. The summed E-state index contributed by atoms with van der Waals surface area (Å²) in [6.45, 7) is 0.885. The molecule has 1 aliphatic heterocycles. The molecule has 0 saturated heterocycles. The van der Waals surface area contributed by atoms with Gasteiger partial charge in [-0.25, -0.2) is 0 Å². The Morgan fingerprint density at radius 2 is 1.90 bits per heavy atom. The second-order valence-corrected chi connectivity index (χ2v) is 8.27. The van der Waals surface area contributed by atoms with Crippen LogP contribution in [0.3, 0.4) is 0 Å². The minimum Gasteiger partial charge on any atom is -0.506 e. The third-order valence-corrected chi connectivity index (χ3v) is 6.03. The van der Waals surface area contributed by atoms with Crippen molar-refractivity contribution < 1.29 is 23.9 Å². The molecule has 2 aromatic carbocycles. The lowest BCUT2D eigenvalue weighted by Crippen LogP contribution is -2.48. The van der Waals surface area contributed by atoms with Crippen LogP contribution in [0.5, 0.6) is 17.2 Å². The van der Waals surface area contributed by atoms with Crippen molar-refractivity contribution >= 4 is 11.5 Å². The average molecular weight is 400 g/mol. The highest BCUT2D eigenvalue weighted by atomic mass is 16.5. The number of ketones is 1. The van der Waals surface area contributed by atoms with Gasteiger partial charge in [0.05, 0.1) is 46.8 Å². The monoisotopic (exact) mass is 399 g/mol. The molecular formula is C23H31N2O4+. The summed E-state index contributed by atoms with van der Waals surface area (Å²) in [5, 5.41) is 10.1. The van der Waals surface area contributed by atoms with Gasteiger partial charge in [0.25, 0.3) is 0 Å². The molecule has 1 heterocycles. The smallest absolute Gasteiger partial charge is 0.155 e. The molecule has 0 aromatic heterocycles. The Balaban J connectivity index is 1.80. The van der Waals surface area contributed by atoms with Crippen LogP contribution >= 0.6 is 0 Å². The van der Waals surface area contributed by atoms with Crippen molar-refractivity contribution in [3.8, 4) is 17.2 Å². The van der Waals surface area contributed by atoms with E-state index in [4.69, 9.17) is 15.2 Å². The number of carbonyl (C=O) groups excluding carboxylic acids is 1. The van der Waals surface area contributed by atoms with Crippen LogP contribution in [0.1, 0.15) is 35.6 Å². The van der Waals surface area contributed by atoms with Crippen molar-refractivity contribution in [2.45, 2.75) is 31.7 Å². The number of quaternary nitrogens is 1. The first-order valence-corrected chi connectivity index (χ1v) is 9.92. The zero-order valence-corrected chi connectivity index (χ0v) is 17.7. The number of Topliss-reactive ketones (excluding diaryl/α,β-unsaturated/α-hetero) is 1. The standard InChI is InChI=1S/C23H30N2O4/c1-25(2)12-11-16-13-20(27)22(24)23(29-4)21(16)19(25)14-17(26)8-5-15-6-9-18(28-3)10-7-15/h6-7,9-10,13,19H,5,8,11-12,14,24H2,1-4H3/p+1. The van der Waals surface area contributed by atoms with Crippen molar-refractivity contribution in [2.24, 2.45) is 0 Å². The van der Waals surface area contributed by atoms with Crippen LogP contribution in [0, 0.1) is 0 Å². The molecule has 6 heteroatoms. The van der Waals surface area contributed by atoms with Gasteiger partial charge in [-0.15, -0.1) is 0 Å². The zero-order valence-electron chi connectivity index (χ0n) is 17.7. The molecule has 3 rings (SSSR count). The maximum absolute atomic E-state index is 12.9. The number of nitrogens with two attached hydrogens (primary N) is 1. The summed E-state index contributed by atoms with van der Waals surface area (Å²) >= 11 is 0. The Bertz CT molecular complexity index is 891. The van der Waals surface area contributed by atoms with E-state index < -0.39 is 0 Å². The third-order valence-electron chi connectivity index (χ3n) is 6.03. The molecule has 0 spiro atoms. The van der Waals surface area contributed by atoms with Crippen molar-refractivity contribution in [1.29, 1.82) is 0 Å². The molecule has 6 nitrogen and oxygen atoms in total. The number of aryl methyl sites for hydroxylation is 1. The Kier molecular flexibility index (Phi) is 6.03. The first-order valence-electron chi connectivity index (χ1n) is 9.92. The topological polar surface area (TPSA) is 81.8 Å². The summed E-state index contributed by atoms with van der Waals surface area (Å²) in [6, 6.07) is 9.48. The SMILES string of the molecule is COc1ccc(CCC(=O)CC2c3c(cc(O)c(N)c3OC)CC[N+]2(C)C)cc1. The summed E-state index contributed by atoms with van der Waals surface area (Å²) < 4.78 is 11.4. The minimum atomic E-state index is -0.0556. The van der Waals surface area contributed by atoms with Crippen LogP contribution < -0.4 is 15.2 Å². The molecule has 1 aliphatic rings. The molecule has 29 heavy (non-hydrogen) atoms. The average Bonchev–Trinajstić information content (AvgIpc) is 2.70. The van der Waals surface area contributed by atoms with E-state index in [1.165, 1.54) is 0 Å². The number of nitrogen functional groups attached to an aromatic ring is 1. The molecule has 2 aromatic rings. The van der Waals surface area contributed by atoms with Gasteiger partial charge >= 0.3 is 0 Å². The van der Waals surface area contributed by atoms with E-state index in [0.29, 0.717) is 29.5 Å². The van der Waals surface area contributed by atoms with E-state index in [1.807, 2.05) is 24.3 Å². The molecule has 156 valence electrons. The molecule has 0 aliphatic carbocycles. The van der Waals surface area contributed by atoms with Crippen LogP contribution in [-0.2, 0) is 17.6 Å². The Morgan fingerprint density at radius 1 is 1.21 bits per heavy atom. The van der Waals surface area contributed by atoms with Crippen LogP contribution in [0.15, 0.2) is 30.3 Å². The highest BCUT2D eigenvalue weighted by Crippen LogP contribution is 2.47. The largest absolute Gasteiger partial charge is 0.506 e. The molecule has 0 bridgehead atoms. The highest BCUT2D eigenvalue weighted by Gasteiger charge is 2.40. The van der Waals surface area contributed by atoms with Gasteiger partial charge < -0.3 is 24.8 Å². The van der Waals surface area contributed by atoms with Crippen molar-refractivity contribution in [2.75, 3.05) is 40.6 Å². The number of rotatable bonds is 7. The molecule has 0 radical (unpaired) electrons. The number of methoxy groups -OCH3 is 2. The summed E-state index contributed by atoms with van der Waals surface area (Å²) in [5.41, 5.74) is 9.40. The lowest BCUT2D eigenvalue weighted by molar-refractivity contribution is -0.922. The Morgan fingerprint density at radius 3 is 2.52 bits per heavy atom. The Hall–Kier alpha value is -2.73. The first-order chi connectivity index (χ1) is 13.8. The van der Waals surface area contributed by atoms with E-state index in [-0.39, 0.29) is 23.3 Å². The number of carbonyl (C=O) groups is 1. The second kappa shape index (κ2) is 8.33. The number of anilines is 1. The van der Waals surface area contributed by atoms with Gasteiger partial charge in [0.2, 0.25) is 0 Å². The van der Waals surface area contributed by atoms with Crippen molar-refractivity contribution in [1.82, 2.24) is 0 Å². The number of likely N-dealkylation sites (N-methyl/N-ethyl adjacent to an activating group) is 1. The van der Waals surface area contributed by atoms with E-state index in [0.717, 1.165) is 35.4 Å².